The van der Waals surface area contributed by atoms with Crippen LogP contribution >= 0.6 is 0 Å². The minimum atomic E-state index is 0.369. The van der Waals surface area contributed by atoms with Crippen molar-refractivity contribution in [3.63, 3.8) is 0 Å². The molecule has 0 spiro atoms. The Labute approximate surface area is 86.6 Å². The quantitative estimate of drug-likeness (QED) is 0.611. The third kappa shape index (κ3) is 3.62. The van der Waals surface area contributed by atoms with Gasteiger partial charge in [0.25, 0.3) is 0 Å². The molecule has 0 fully saturated rings. The van der Waals surface area contributed by atoms with Gasteiger partial charge in [0.1, 0.15) is 0 Å². The van der Waals surface area contributed by atoms with Crippen molar-refractivity contribution in [1.29, 1.82) is 0 Å². The molecule has 0 aromatic heterocycles. The van der Waals surface area contributed by atoms with E-state index in [9.17, 15) is 0 Å². The van der Waals surface area contributed by atoms with Crippen molar-refractivity contribution in [3.05, 3.63) is 41.2 Å². The molecule has 0 N–H and O–H groups in total. The summed E-state index contributed by atoms with van der Waals surface area (Å²) in [5.74, 6) is 0. The van der Waals surface area contributed by atoms with Gasteiger partial charge < -0.3 is 0 Å². The van der Waals surface area contributed by atoms with Crippen LogP contribution < -0.4 is 0 Å². The van der Waals surface area contributed by atoms with Gasteiger partial charge in [-0.3, -0.25) is 0 Å². The molecule has 0 radical (unpaired) electrons. The van der Waals surface area contributed by atoms with Crippen LogP contribution in [0.3, 0.4) is 0 Å². The molecule has 0 heterocycles. The lowest BCUT2D eigenvalue weighted by atomic mass is 9.89. The summed E-state index contributed by atoms with van der Waals surface area (Å²) in [6.07, 6.45) is 2.22. The van der Waals surface area contributed by atoms with Gasteiger partial charge in [-0.05, 0) is 18.3 Å². The second-order valence-electron chi connectivity index (χ2n) is 4.84. The van der Waals surface area contributed by atoms with E-state index in [1.165, 1.54) is 5.56 Å². The molecule has 0 aliphatic heterocycles. The Kier molecular flexibility index (Phi) is 3.30. The van der Waals surface area contributed by atoms with E-state index in [1.807, 2.05) is 18.2 Å². The molecule has 74 valence electrons. The van der Waals surface area contributed by atoms with E-state index in [0.717, 1.165) is 18.5 Å². The van der Waals surface area contributed by atoms with E-state index in [-0.39, 0.29) is 0 Å². The summed E-state index contributed by atoms with van der Waals surface area (Å²) in [6, 6.07) is 7.90. The molecule has 1 aromatic rings. The maximum absolute atomic E-state index is 6.92. The molecule has 0 aliphatic rings. The molecule has 1 rings (SSSR count). The van der Waals surface area contributed by atoms with Crippen molar-refractivity contribution in [2.45, 2.75) is 33.6 Å². The number of hydrogen-bond acceptors (Lipinski definition) is 0. The Morgan fingerprint density at radius 2 is 2.00 bits per heavy atom. The van der Waals surface area contributed by atoms with E-state index in [0.29, 0.717) is 5.41 Å². The highest BCUT2D eigenvalue weighted by Crippen LogP contribution is 2.23. The van der Waals surface area contributed by atoms with Gasteiger partial charge in [-0.1, -0.05) is 50.6 Å². The van der Waals surface area contributed by atoms with Crippen LogP contribution in [0.2, 0.25) is 0 Å². The largest absolute Gasteiger partial charge is 0.238 e. The molecular weight excluding hydrogens is 170 g/mol. The average molecular weight is 187 g/mol. The molecule has 0 unspecified atom stereocenters. The Hall–Kier alpha value is -1.29. The van der Waals surface area contributed by atoms with Crippen molar-refractivity contribution in [1.82, 2.24) is 0 Å². The predicted octanol–water partition coefficient (Wildman–Crippen LogP) is 4.22. The van der Waals surface area contributed by atoms with Crippen LogP contribution in [0.5, 0.6) is 0 Å². The maximum Gasteiger partial charge on any atom is 0.187 e. The monoisotopic (exact) mass is 187 g/mol. The van der Waals surface area contributed by atoms with Crippen LogP contribution in [-0.4, -0.2) is 0 Å². The first kappa shape index (κ1) is 10.8. The molecule has 0 atom stereocenters. The van der Waals surface area contributed by atoms with Crippen LogP contribution in [0.1, 0.15) is 32.8 Å². The van der Waals surface area contributed by atoms with E-state index in [4.69, 9.17) is 6.57 Å². The van der Waals surface area contributed by atoms with Gasteiger partial charge in [0, 0.05) is 0 Å². The zero-order valence-electron chi connectivity index (χ0n) is 9.17. The molecule has 0 saturated heterocycles. The third-order valence-electron chi connectivity index (χ3n) is 2.20. The number of rotatable bonds is 2. The van der Waals surface area contributed by atoms with Gasteiger partial charge in [-0.15, -0.1) is 0 Å². The lowest BCUT2D eigenvalue weighted by Crippen LogP contribution is -2.06. The van der Waals surface area contributed by atoms with Gasteiger partial charge in [0.15, 0.2) is 5.69 Å². The van der Waals surface area contributed by atoms with E-state index in [1.54, 1.807) is 0 Å². The minimum absolute atomic E-state index is 0.369. The first-order valence-corrected chi connectivity index (χ1v) is 4.98. The normalized spacial score (nSPS) is 11.0. The second kappa shape index (κ2) is 4.28. The highest BCUT2D eigenvalue weighted by atomic mass is 14.6. The standard InChI is InChI=1S/C13H17N/c1-13(2,3)9-8-11-6-5-7-12(10-11)14-4/h5-7,10H,8-9H2,1-3H3. The summed E-state index contributed by atoms with van der Waals surface area (Å²) in [5.41, 5.74) is 2.39. The van der Waals surface area contributed by atoms with Gasteiger partial charge >= 0.3 is 0 Å². The van der Waals surface area contributed by atoms with Gasteiger partial charge in [0.2, 0.25) is 0 Å². The van der Waals surface area contributed by atoms with Crippen LogP contribution in [-0.2, 0) is 6.42 Å². The van der Waals surface area contributed by atoms with Crippen molar-refractivity contribution in [2.24, 2.45) is 5.41 Å². The Morgan fingerprint density at radius 3 is 2.57 bits per heavy atom. The van der Waals surface area contributed by atoms with Gasteiger partial charge in [-0.2, -0.15) is 0 Å². The predicted molar refractivity (Wildman–Crippen MR) is 60.5 cm³/mol. The fourth-order valence-electron chi connectivity index (χ4n) is 1.30. The van der Waals surface area contributed by atoms with Gasteiger partial charge in [0.05, 0.1) is 6.57 Å². The van der Waals surface area contributed by atoms with Crippen molar-refractivity contribution >= 4 is 5.69 Å². The fourth-order valence-corrected chi connectivity index (χ4v) is 1.30. The minimum Gasteiger partial charge on any atom is -0.238 e. The first-order valence-electron chi connectivity index (χ1n) is 4.98. The smallest absolute Gasteiger partial charge is 0.187 e. The molecule has 0 saturated carbocycles. The van der Waals surface area contributed by atoms with Crippen LogP contribution in [0, 0.1) is 12.0 Å². The number of hydrogen-bond donors (Lipinski definition) is 0. The molecule has 1 nitrogen and oxygen atoms in total. The first-order chi connectivity index (χ1) is 6.51. The van der Waals surface area contributed by atoms with Crippen molar-refractivity contribution in [3.8, 4) is 0 Å². The third-order valence-corrected chi connectivity index (χ3v) is 2.20. The molecule has 1 aromatic carbocycles. The highest BCUT2D eigenvalue weighted by molar-refractivity contribution is 5.46. The van der Waals surface area contributed by atoms with Crippen molar-refractivity contribution in [2.75, 3.05) is 0 Å². The molecule has 0 amide bonds. The SMILES string of the molecule is [C-]#[N+]c1cccc(CCC(C)(C)C)c1. The average Bonchev–Trinajstić information content (AvgIpc) is 2.14. The number of aryl methyl sites for hydroxylation is 1. The Bertz CT molecular complexity index is 339. The summed E-state index contributed by atoms with van der Waals surface area (Å²) in [6.45, 7) is 13.6. The fraction of sp³-hybridized carbons (Fsp3) is 0.462. The number of benzene rings is 1. The van der Waals surface area contributed by atoms with E-state index >= 15 is 0 Å². The van der Waals surface area contributed by atoms with E-state index in [2.05, 4.69) is 31.7 Å². The number of nitrogens with zero attached hydrogens (tertiary/aromatic N) is 1. The maximum atomic E-state index is 6.92. The van der Waals surface area contributed by atoms with Crippen LogP contribution in [0.4, 0.5) is 5.69 Å². The Morgan fingerprint density at radius 1 is 1.29 bits per heavy atom. The Balaban J connectivity index is 2.65. The van der Waals surface area contributed by atoms with Crippen LogP contribution in [0.25, 0.3) is 4.85 Å². The molecule has 1 heteroatoms. The molecule has 0 aliphatic carbocycles. The zero-order chi connectivity index (χ0) is 10.6. The summed E-state index contributed by atoms with van der Waals surface area (Å²) < 4.78 is 0. The van der Waals surface area contributed by atoms with Gasteiger partial charge in [-0.25, -0.2) is 4.85 Å². The van der Waals surface area contributed by atoms with Crippen LogP contribution in [0.15, 0.2) is 24.3 Å². The highest BCUT2D eigenvalue weighted by Gasteiger charge is 2.09. The molecule has 0 bridgehead atoms. The molecular formula is C13H17N. The summed E-state index contributed by atoms with van der Waals surface area (Å²) in [7, 11) is 0. The lowest BCUT2D eigenvalue weighted by Gasteiger charge is -2.17. The zero-order valence-corrected chi connectivity index (χ0v) is 9.17. The second-order valence-corrected chi connectivity index (χ2v) is 4.84. The summed E-state index contributed by atoms with van der Waals surface area (Å²) in [4.78, 5) is 3.43. The summed E-state index contributed by atoms with van der Waals surface area (Å²) in [5, 5.41) is 0. The molecule has 14 heavy (non-hydrogen) atoms. The van der Waals surface area contributed by atoms with E-state index < -0.39 is 0 Å². The lowest BCUT2D eigenvalue weighted by molar-refractivity contribution is 0.378. The topological polar surface area (TPSA) is 4.36 Å². The summed E-state index contributed by atoms with van der Waals surface area (Å²) >= 11 is 0. The van der Waals surface area contributed by atoms with Crippen molar-refractivity contribution < 1.29 is 0 Å².